The van der Waals surface area contributed by atoms with Crippen LogP contribution in [0, 0.1) is 0 Å². The van der Waals surface area contributed by atoms with Crippen molar-refractivity contribution < 1.29 is 14.7 Å². The molecule has 6 nitrogen and oxygen atoms in total. The first kappa shape index (κ1) is 13.8. The van der Waals surface area contributed by atoms with E-state index in [0.29, 0.717) is 5.82 Å². The minimum absolute atomic E-state index is 0.0235. The van der Waals surface area contributed by atoms with Crippen LogP contribution in [0.1, 0.15) is 26.5 Å². The first-order chi connectivity index (χ1) is 10.6. The molecule has 0 aliphatic rings. The summed E-state index contributed by atoms with van der Waals surface area (Å²) in [6.07, 6.45) is 0. The van der Waals surface area contributed by atoms with Crippen LogP contribution in [0.3, 0.4) is 0 Å². The van der Waals surface area contributed by atoms with E-state index in [1.807, 2.05) is 24.3 Å². The van der Waals surface area contributed by atoms with Crippen LogP contribution < -0.4 is 5.32 Å². The molecule has 0 aliphatic heterocycles. The van der Waals surface area contributed by atoms with E-state index < -0.39 is 11.9 Å². The summed E-state index contributed by atoms with van der Waals surface area (Å²) >= 11 is 0. The molecule has 0 aliphatic carbocycles. The third-order valence-electron chi connectivity index (χ3n) is 3.26. The van der Waals surface area contributed by atoms with E-state index in [-0.39, 0.29) is 17.7 Å². The van der Waals surface area contributed by atoms with Gasteiger partial charge < -0.3 is 15.4 Å². The van der Waals surface area contributed by atoms with Crippen LogP contribution in [0.2, 0.25) is 0 Å². The van der Waals surface area contributed by atoms with E-state index in [9.17, 15) is 9.59 Å². The lowest BCUT2D eigenvalue weighted by Gasteiger charge is -2.06. The lowest BCUT2D eigenvalue weighted by Crippen LogP contribution is -2.25. The fourth-order valence-electron chi connectivity index (χ4n) is 2.22. The number of fused-ring (bicyclic) bond motifs is 1. The predicted molar refractivity (Wildman–Crippen MR) is 80.7 cm³/mol. The van der Waals surface area contributed by atoms with Crippen molar-refractivity contribution in [3.05, 3.63) is 65.5 Å². The smallest absolute Gasteiger partial charge is 0.336 e. The van der Waals surface area contributed by atoms with Gasteiger partial charge in [0.1, 0.15) is 5.82 Å². The quantitative estimate of drug-likeness (QED) is 0.687. The first-order valence-corrected chi connectivity index (χ1v) is 6.69. The average Bonchev–Trinajstić information content (AvgIpc) is 2.95. The number of carboxylic acids is 1. The molecule has 0 spiro atoms. The van der Waals surface area contributed by atoms with Gasteiger partial charge in [0.25, 0.3) is 5.91 Å². The molecule has 1 aromatic heterocycles. The summed E-state index contributed by atoms with van der Waals surface area (Å²) in [5, 5.41) is 11.8. The molecule has 0 radical (unpaired) electrons. The van der Waals surface area contributed by atoms with Gasteiger partial charge in [0.2, 0.25) is 0 Å². The Kier molecular flexibility index (Phi) is 3.57. The Morgan fingerprint density at radius 2 is 1.73 bits per heavy atom. The second-order valence-electron chi connectivity index (χ2n) is 4.73. The number of carboxylic acid groups (broad SMARTS) is 1. The number of amides is 1. The Balaban J connectivity index is 1.76. The van der Waals surface area contributed by atoms with Gasteiger partial charge in [-0.15, -0.1) is 0 Å². The molecule has 1 heterocycles. The van der Waals surface area contributed by atoms with Crippen molar-refractivity contribution in [1.82, 2.24) is 15.3 Å². The minimum Gasteiger partial charge on any atom is -0.478 e. The number of para-hydroxylation sites is 2. The molecule has 0 atom stereocenters. The highest BCUT2D eigenvalue weighted by Gasteiger charge is 2.15. The third kappa shape index (κ3) is 2.67. The molecular weight excluding hydrogens is 282 g/mol. The highest BCUT2D eigenvalue weighted by atomic mass is 16.4. The number of carbonyl (C=O) groups is 2. The van der Waals surface area contributed by atoms with Gasteiger partial charge in [-0.2, -0.15) is 0 Å². The summed E-state index contributed by atoms with van der Waals surface area (Å²) in [7, 11) is 0. The SMILES string of the molecule is O=C(O)c1ccccc1C(=O)NCc1nc2ccccc2[nH]1. The number of benzene rings is 2. The maximum Gasteiger partial charge on any atom is 0.336 e. The zero-order chi connectivity index (χ0) is 15.5. The number of aromatic carboxylic acids is 1. The van der Waals surface area contributed by atoms with Gasteiger partial charge in [-0.25, -0.2) is 9.78 Å². The summed E-state index contributed by atoms with van der Waals surface area (Å²) in [5.74, 6) is -0.963. The van der Waals surface area contributed by atoms with Crippen molar-refractivity contribution in [2.45, 2.75) is 6.54 Å². The summed E-state index contributed by atoms with van der Waals surface area (Å²) in [6, 6.07) is 13.6. The van der Waals surface area contributed by atoms with Gasteiger partial charge in [-0.1, -0.05) is 24.3 Å². The summed E-state index contributed by atoms with van der Waals surface area (Å²) in [5.41, 5.74) is 1.81. The van der Waals surface area contributed by atoms with Crippen molar-refractivity contribution in [2.24, 2.45) is 0 Å². The Bertz CT molecular complexity index is 821. The van der Waals surface area contributed by atoms with Crippen LogP contribution in [-0.4, -0.2) is 27.0 Å². The van der Waals surface area contributed by atoms with Gasteiger partial charge in [-0.3, -0.25) is 4.79 Å². The van der Waals surface area contributed by atoms with Gasteiger partial charge in [-0.05, 0) is 24.3 Å². The lowest BCUT2D eigenvalue weighted by atomic mass is 10.1. The molecule has 1 amide bonds. The molecular formula is C16H13N3O3. The van der Waals surface area contributed by atoms with Crippen molar-refractivity contribution in [3.63, 3.8) is 0 Å². The molecule has 3 aromatic rings. The van der Waals surface area contributed by atoms with Crippen LogP contribution in [0.5, 0.6) is 0 Å². The molecule has 0 fully saturated rings. The van der Waals surface area contributed by atoms with E-state index >= 15 is 0 Å². The zero-order valence-electron chi connectivity index (χ0n) is 11.5. The van der Waals surface area contributed by atoms with Crippen molar-refractivity contribution in [3.8, 4) is 0 Å². The second-order valence-corrected chi connectivity index (χ2v) is 4.73. The molecule has 0 saturated heterocycles. The molecule has 2 aromatic carbocycles. The van der Waals surface area contributed by atoms with Crippen LogP contribution in [-0.2, 0) is 6.54 Å². The number of hydrogen-bond acceptors (Lipinski definition) is 3. The Morgan fingerprint density at radius 1 is 1.05 bits per heavy atom. The molecule has 3 N–H and O–H groups in total. The summed E-state index contributed by atoms with van der Waals surface area (Å²) in [6.45, 7) is 0.196. The van der Waals surface area contributed by atoms with Crippen LogP contribution in [0.4, 0.5) is 0 Å². The highest BCUT2D eigenvalue weighted by molar-refractivity contribution is 6.04. The lowest BCUT2D eigenvalue weighted by molar-refractivity contribution is 0.0691. The van der Waals surface area contributed by atoms with E-state index in [1.54, 1.807) is 12.1 Å². The number of aromatic amines is 1. The molecule has 22 heavy (non-hydrogen) atoms. The van der Waals surface area contributed by atoms with E-state index in [4.69, 9.17) is 5.11 Å². The molecule has 0 saturated carbocycles. The number of imidazole rings is 1. The highest BCUT2D eigenvalue weighted by Crippen LogP contribution is 2.11. The van der Waals surface area contributed by atoms with Crippen LogP contribution in [0.25, 0.3) is 11.0 Å². The van der Waals surface area contributed by atoms with Gasteiger partial charge >= 0.3 is 5.97 Å². The van der Waals surface area contributed by atoms with Gasteiger partial charge in [0, 0.05) is 0 Å². The number of H-pyrrole nitrogens is 1. The minimum atomic E-state index is -1.13. The van der Waals surface area contributed by atoms with Crippen LogP contribution in [0.15, 0.2) is 48.5 Å². The fraction of sp³-hybridized carbons (Fsp3) is 0.0625. The summed E-state index contributed by atoms with van der Waals surface area (Å²) < 4.78 is 0. The number of nitrogens with one attached hydrogen (secondary N) is 2. The van der Waals surface area contributed by atoms with Crippen LogP contribution >= 0.6 is 0 Å². The van der Waals surface area contributed by atoms with E-state index in [1.165, 1.54) is 12.1 Å². The monoisotopic (exact) mass is 295 g/mol. The summed E-state index contributed by atoms with van der Waals surface area (Å²) in [4.78, 5) is 30.7. The fourth-order valence-corrected chi connectivity index (χ4v) is 2.22. The number of hydrogen-bond donors (Lipinski definition) is 3. The van der Waals surface area contributed by atoms with Crippen molar-refractivity contribution in [1.29, 1.82) is 0 Å². The topological polar surface area (TPSA) is 95.1 Å². The van der Waals surface area contributed by atoms with Crippen molar-refractivity contribution in [2.75, 3.05) is 0 Å². The van der Waals surface area contributed by atoms with E-state index in [0.717, 1.165) is 11.0 Å². The standard InChI is InChI=1S/C16H13N3O3/c20-15(10-5-1-2-6-11(10)16(21)22)17-9-14-18-12-7-3-4-8-13(12)19-14/h1-8H,9H2,(H,17,20)(H,18,19)(H,21,22). The predicted octanol–water partition coefficient (Wildman–Crippen LogP) is 2.19. The maximum atomic E-state index is 12.1. The zero-order valence-corrected chi connectivity index (χ0v) is 11.5. The molecule has 0 bridgehead atoms. The maximum absolute atomic E-state index is 12.1. The molecule has 6 heteroatoms. The number of carbonyl (C=O) groups excluding carboxylic acids is 1. The number of aromatic nitrogens is 2. The number of rotatable bonds is 4. The van der Waals surface area contributed by atoms with E-state index in [2.05, 4.69) is 15.3 Å². The normalized spacial score (nSPS) is 10.5. The first-order valence-electron chi connectivity index (χ1n) is 6.69. The Hall–Kier alpha value is -3.15. The third-order valence-corrected chi connectivity index (χ3v) is 3.26. The van der Waals surface area contributed by atoms with Gasteiger partial charge in [0.15, 0.2) is 0 Å². The second kappa shape index (κ2) is 5.69. The Morgan fingerprint density at radius 3 is 2.45 bits per heavy atom. The Labute approximate surface area is 125 Å². The van der Waals surface area contributed by atoms with Gasteiger partial charge in [0.05, 0.1) is 28.7 Å². The molecule has 3 rings (SSSR count). The largest absolute Gasteiger partial charge is 0.478 e. The molecule has 0 unspecified atom stereocenters. The average molecular weight is 295 g/mol. The number of nitrogens with zero attached hydrogens (tertiary/aromatic N) is 1. The molecule has 110 valence electrons. The van der Waals surface area contributed by atoms with Crippen molar-refractivity contribution >= 4 is 22.9 Å².